The van der Waals surface area contributed by atoms with Gasteiger partial charge in [0.05, 0.1) is 6.54 Å². The summed E-state index contributed by atoms with van der Waals surface area (Å²) in [5.74, 6) is -0.720. The molecule has 0 aromatic heterocycles. The molecule has 6 heteroatoms. The van der Waals surface area contributed by atoms with E-state index >= 15 is 0 Å². The van der Waals surface area contributed by atoms with Crippen molar-refractivity contribution in [1.82, 2.24) is 10.6 Å². The summed E-state index contributed by atoms with van der Waals surface area (Å²) in [4.78, 5) is 22.7. The summed E-state index contributed by atoms with van der Waals surface area (Å²) in [6.07, 6.45) is 1.99. The number of urea groups is 1. The van der Waals surface area contributed by atoms with Gasteiger partial charge in [-0.05, 0) is 37.1 Å². The number of benzene rings is 1. The third-order valence-corrected chi connectivity index (χ3v) is 2.45. The molecule has 0 heterocycles. The van der Waals surface area contributed by atoms with E-state index in [1.54, 1.807) is 0 Å². The maximum Gasteiger partial charge on any atom is 0.315 e. The van der Waals surface area contributed by atoms with Crippen molar-refractivity contribution >= 4 is 17.6 Å². The smallest absolute Gasteiger partial charge is 0.315 e. The van der Waals surface area contributed by atoms with Crippen molar-refractivity contribution in [1.29, 1.82) is 0 Å². The summed E-state index contributed by atoms with van der Waals surface area (Å²) >= 11 is 0. The first kappa shape index (κ1) is 12.3. The Kier molecular flexibility index (Phi) is 3.76. The lowest BCUT2D eigenvalue weighted by Crippen LogP contribution is -2.40. The SMILES string of the molecule is O=C(CNC(=O)NC1CC1)Nc1ccc(F)cc1. The Bertz CT molecular complexity index is 443. The molecule has 1 fully saturated rings. The van der Waals surface area contributed by atoms with Crippen LogP contribution in [-0.4, -0.2) is 24.5 Å². The van der Waals surface area contributed by atoms with Crippen molar-refractivity contribution in [2.45, 2.75) is 18.9 Å². The summed E-state index contributed by atoms with van der Waals surface area (Å²) in [6.45, 7) is -0.115. The van der Waals surface area contributed by atoms with Gasteiger partial charge in [0.15, 0.2) is 0 Å². The zero-order valence-electron chi connectivity index (χ0n) is 9.70. The van der Waals surface area contributed by atoms with Gasteiger partial charge >= 0.3 is 6.03 Å². The van der Waals surface area contributed by atoms with E-state index < -0.39 is 0 Å². The highest BCUT2D eigenvalue weighted by atomic mass is 19.1. The molecule has 18 heavy (non-hydrogen) atoms. The third kappa shape index (κ3) is 4.04. The molecule has 1 aromatic carbocycles. The first-order valence-corrected chi connectivity index (χ1v) is 5.73. The van der Waals surface area contributed by atoms with Crippen LogP contribution in [0.4, 0.5) is 14.9 Å². The number of carbonyl (C=O) groups excluding carboxylic acids is 2. The van der Waals surface area contributed by atoms with E-state index in [-0.39, 0.29) is 30.3 Å². The van der Waals surface area contributed by atoms with E-state index in [1.165, 1.54) is 24.3 Å². The number of halogens is 1. The van der Waals surface area contributed by atoms with E-state index in [4.69, 9.17) is 0 Å². The van der Waals surface area contributed by atoms with Crippen molar-refractivity contribution in [3.8, 4) is 0 Å². The molecule has 1 aliphatic rings. The Morgan fingerprint density at radius 1 is 1.22 bits per heavy atom. The Hall–Kier alpha value is -2.11. The predicted molar refractivity (Wildman–Crippen MR) is 64.6 cm³/mol. The zero-order chi connectivity index (χ0) is 13.0. The van der Waals surface area contributed by atoms with Crippen LogP contribution in [0.15, 0.2) is 24.3 Å². The number of hydrogen-bond acceptors (Lipinski definition) is 2. The molecule has 96 valence electrons. The molecule has 1 aromatic rings. The molecule has 0 spiro atoms. The van der Waals surface area contributed by atoms with Gasteiger partial charge < -0.3 is 16.0 Å². The molecule has 5 nitrogen and oxygen atoms in total. The molecule has 0 saturated heterocycles. The van der Waals surface area contributed by atoms with Crippen LogP contribution in [0.2, 0.25) is 0 Å². The standard InChI is InChI=1S/C12H14FN3O2/c13-8-1-3-9(4-2-8)15-11(17)7-14-12(18)16-10-5-6-10/h1-4,10H,5-7H2,(H,15,17)(H2,14,16,18). The molecule has 2 rings (SSSR count). The monoisotopic (exact) mass is 251 g/mol. The lowest BCUT2D eigenvalue weighted by atomic mass is 10.3. The van der Waals surface area contributed by atoms with E-state index in [1.807, 2.05) is 0 Å². The average molecular weight is 251 g/mol. The highest BCUT2D eigenvalue weighted by Crippen LogP contribution is 2.18. The molecule has 0 atom stereocenters. The van der Waals surface area contributed by atoms with E-state index in [9.17, 15) is 14.0 Å². The van der Waals surface area contributed by atoms with Crippen molar-refractivity contribution in [2.75, 3.05) is 11.9 Å². The van der Waals surface area contributed by atoms with Gasteiger partial charge in [0.2, 0.25) is 5.91 Å². The largest absolute Gasteiger partial charge is 0.335 e. The number of nitrogens with one attached hydrogen (secondary N) is 3. The lowest BCUT2D eigenvalue weighted by Gasteiger charge is -2.07. The normalized spacial score (nSPS) is 13.8. The van der Waals surface area contributed by atoms with Crippen LogP contribution >= 0.6 is 0 Å². The molecule has 3 N–H and O–H groups in total. The van der Waals surface area contributed by atoms with Crippen molar-refractivity contribution in [3.63, 3.8) is 0 Å². The fraction of sp³-hybridized carbons (Fsp3) is 0.333. The van der Waals surface area contributed by atoms with E-state index in [0.29, 0.717) is 5.69 Å². The minimum Gasteiger partial charge on any atom is -0.335 e. The summed E-state index contributed by atoms with van der Waals surface area (Å²) < 4.78 is 12.6. The second kappa shape index (κ2) is 5.48. The van der Waals surface area contributed by atoms with Crippen LogP contribution in [0.25, 0.3) is 0 Å². The predicted octanol–water partition coefficient (Wildman–Crippen LogP) is 1.23. The molecular weight excluding hydrogens is 237 g/mol. The maximum absolute atomic E-state index is 12.6. The highest BCUT2D eigenvalue weighted by molar-refractivity contribution is 5.94. The molecular formula is C12H14FN3O2. The van der Waals surface area contributed by atoms with Crippen LogP contribution < -0.4 is 16.0 Å². The number of carbonyl (C=O) groups is 2. The van der Waals surface area contributed by atoms with Gasteiger partial charge in [-0.3, -0.25) is 4.79 Å². The Balaban J connectivity index is 1.70. The minimum atomic E-state index is -0.366. The number of anilines is 1. The van der Waals surface area contributed by atoms with Crippen LogP contribution in [0, 0.1) is 5.82 Å². The fourth-order valence-corrected chi connectivity index (χ4v) is 1.36. The molecule has 3 amide bonds. The summed E-state index contributed by atoms with van der Waals surface area (Å²) in [6, 6.07) is 5.33. The molecule has 0 unspecified atom stereocenters. The van der Waals surface area contributed by atoms with Gasteiger partial charge in [-0.2, -0.15) is 0 Å². The maximum atomic E-state index is 12.6. The molecule has 1 saturated carbocycles. The molecule has 0 aliphatic heterocycles. The second-order valence-electron chi connectivity index (χ2n) is 4.16. The van der Waals surface area contributed by atoms with Crippen LogP contribution in [0.1, 0.15) is 12.8 Å². The number of amides is 3. The summed E-state index contributed by atoms with van der Waals surface area (Å²) in [7, 11) is 0. The quantitative estimate of drug-likeness (QED) is 0.753. The van der Waals surface area contributed by atoms with Gasteiger partial charge in [0.25, 0.3) is 0 Å². The molecule has 1 aliphatic carbocycles. The van der Waals surface area contributed by atoms with Crippen LogP contribution in [0.3, 0.4) is 0 Å². The Labute approximate surface area is 104 Å². The van der Waals surface area contributed by atoms with Gasteiger partial charge in [-0.1, -0.05) is 0 Å². The Morgan fingerprint density at radius 2 is 1.89 bits per heavy atom. The summed E-state index contributed by atoms with van der Waals surface area (Å²) in [5.41, 5.74) is 0.491. The topological polar surface area (TPSA) is 70.2 Å². The zero-order valence-corrected chi connectivity index (χ0v) is 9.70. The molecule has 0 bridgehead atoms. The van der Waals surface area contributed by atoms with Gasteiger partial charge in [0.1, 0.15) is 5.82 Å². The Morgan fingerprint density at radius 3 is 2.50 bits per heavy atom. The van der Waals surface area contributed by atoms with E-state index in [2.05, 4.69) is 16.0 Å². The van der Waals surface area contributed by atoms with Crippen molar-refractivity contribution in [2.24, 2.45) is 0 Å². The number of hydrogen-bond donors (Lipinski definition) is 3. The molecule has 0 radical (unpaired) electrons. The first-order valence-electron chi connectivity index (χ1n) is 5.73. The van der Waals surface area contributed by atoms with Gasteiger partial charge in [-0.15, -0.1) is 0 Å². The van der Waals surface area contributed by atoms with Crippen molar-refractivity contribution < 1.29 is 14.0 Å². The second-order valence-corrected chi connectivity index (χ2v) is 4.16. The van der Waals surface area contributed by atoms with E-state index in [0.717, 1.165) is 12.8 Å². The minimum absolute atomic E-state index is 0.115. The van der Waals surface area contributed by atoms with Gasteiger partial charge in [-0.25, -0.2) is 9.18 Å². The fourth-order valence-electron chi connectivity index (χ4n) is 1.36. The van der Waals surface area contributed by atoms with Crippen molar-refractivity contribution in [3.05, 3.63) is 30.1 Å². The van der Waals surface area contributed by atoms with Gasteiger partial charge in [0, 0.05) is 11.7 Å². The highest BCUT2D eigenvalue weighted by Gasteiger charge is 2.23. The summed E-state index contributed by atoms with van der Waals surface area (Å²) in [5, 5.41) is 7.70. The number of rotatable bonds is 4. The third-order valence-electron chi connectivity index (χ3n) is 2.45. The lowest BCUT2D eigenvalue weighted by molar-refractivity contribution is -0.115. The van der Waals surface area contributed by atoms with Crippen LogP contribution in [0.5, 0.6) is 0 Å². The average Bonchev–Trinajstić information content (AvgIpc) is 3.13. The van der Waals surface area contributed by atoms with Crippen LogP contribution in [-0.2, 0) is 4.79 Å². The first-order chi connectivity index (χ1) is 8.63.